The van der Waals surface area contributed by atoms with Crippen molar-refractivity contribution in [1.29, 1.82) is 0 Å². The van der Waals surface area contributed by atoms with Crippen molar-refractivity contribution in [3.05, 3.63) is 65.9 Å². The number of para-hydroxylation sites is 1. The number of likely N-dealkylation sites (tertiary alicyclic amines) is 2. The van der Waals surface area contributed by atoms with Crippen LogP contribution in [0.1, 0.15) is 41.6 Å². The molecular weight excluding hydrogens is 374 g/mol. The number of ether oxygens (including phenoxy) is 1. The lowest BCUT2D eigenvalue weighted by atomic mass is 10.1. The van der Waals surface area contributed by atoms with Crippen LogP contribution in [0.5, 0.6) is 5.75 Å². The van der Waals surface area contributed by atoms with Crippen LogP contribution in [-0.2, 0) is 6.54 Å². The summed E-state index contributed by atoms with van der Waals surface area (Å²) in [5, 5.41) is 1.32. The molecule has 5 nitrogen and oxygen atoms in total. The molecule has 156 valence electrons. The Labute approximate surface area is 177 Å². The monoisotopic (exact) mass is 403 g/mol. The maximum Gasteiger partial charge on any atom is 0.253 e. The zero-order valence-corrected chi connectivity index (χ0v) is 17.3. The second-order valence-electron chi connectivity index (χ2n) is 8.48. The third kappa shape index (κ3) is 4.08. The highest BCUT2D eigenvalue weighted by molar-refractivity contribution is 5.94. The minimum Gasteiger partial charge on any atom is -0.490 e. The summed E-state index contributed by atoms with van der Waals surface area (Å²) in [6, 6.07) is 16.2. The van der Waals surface area contributed by atoms with Crippen LogP contribution in [0.2, 0.25) is 0 Å². The number of amides is 1. The molecule has 0 atom stereocenters. The van der Waals surface area contributed by atoms with Crippen LogP contribution in [0.25, 0.3) is 10.9 Å². The highest BCUT2D eigenvalue weighted by Gasteiger charge is 2.22. The maximum atomic E-state index is 12.5. The number of aromatic nitrogens is 1. The molecule has 1 amide bonds. The molecule has 0 saturated carbocycles. The van der Waals surface area contributed by atoms with Gasteiger partial charge in [-0.05, 0) is 61.6 Å². The van der Waals surface area contributed by atoms with Crippen molar-refractivity contribution >= 4 is 16.8 Å². The summed E-state index contributed by atoms with van der Waals surface area (Å²) >= 11 is 0. The summed E-state index contributed by atoms with van der Waals surface area (Å²) in [7, 11) is 0. The molecule has 5 rings (SSSR count). The van der Waals surface area contributed by atoms with Gasteiger partial charge in [0, 0.05) is 55.4 Å². The zero-order chi connectivity index (χ0) is 20.3. The molecule has 5 heteroatoms. The molecule has 1 aromatic heterocycles. The number of hydrogen-bond acceptors (Lipinski definition) is 3. The number of piperidine rings is 1. The fraction of sp³-hybridized carbons (Fsp3) is 0.400. The van der Waals surface area contributed by atoms with Gasteiger partial charge in [0.05, 0.1) is 0 Å². The van der Waals surface area contributed by atoms with Crippen LogP contribution in [0, 0.1) is 0 Å². The Morgan fingerprint density at radius 3 is 2.47 bits per heavy atom. The average molecular weight is 404 g/mol. The van der Waals surface area contributed by atoms with Gasteiger partial charge in [0.2, 0.25) is 0 Å². The summed E-state index contributed by atoms with van der Waals surface area (Å²) in [5.74, 6) is 1.01. The van der Waals surface area contributed by atoms with Crippen molar-refractivity contribution < 1.29 is 9.53 Å². The van der Waals surface area contributed by atoms with E-state index in [4.69, 9.17) is 4.74 Å². The van der Waals surface area contributed by atoms with Gasteiger partial charge in [-0.2, -0.15) is 0 Å². The molecule has 3 heterocycles. The van der Waals surface area contributed by atoms with E-state index in [9.17, 15) is 4.79 Å². The fourth-order valence-corrected chi connectivity index (χ4v) is 4.66. The van der Waals surface area contributed by atoms with Gasteiger partial charge in [-0.1, -0.05) is 18.2 Å². The number of benzene rings is 2. The summed E-state index contributed by atoms with van der Waals surface area (Å²) in [6.45, 7) is 4.82. The molecule has 0 spiro atoms. The number of carbonyl (C=O) groups excluding carboxylic acids is 1. The number of rotatable bonds is 5. The number of H-pyrrole nitrogens is 1. The lowest BCUT2D eigenvalue weighted by Gasteiger charge is -2.32. The number of hydrogen-bond donors (Lipinski definition) is 1. The van der Waals surface area contributed by atoms with Gasteiger partial charge >= 0.3 is 0 Å². The van der Waals surface area contributed by atoms with Crippen LogP contribution in [0.4, 0.5) is 0 Å². The summed E-state index contributed by atoms with van der Waals surface area (Å²) < 4.78 is 6.21. The predicted molar refractivity (Wildman–Crippen MR) is 119 cm³/mol. The molecule has 0 bridgehead atoms. The molecule has 0 aliphatic carbocycles. The van der Waals surface area contributed by atoms with Crippen molar-refractivity contribution in [2.45, 2.75) is 38.3 Å². The third-order valence-electron chi connectivity index (χ3n) is 6.40. The van der Waals surface area contributed by atoms with Gasteiger partial charge in [0.25, 0.3) is 5.91 Å². The van der Waals surface area contributed by atoms with Gasteiger partial charge in [0.15, 0.2) is 0 Å². The van der Waals surface area contributed by atoms with Crippen molar-refractivity contribution in [2.75, 3.05) is 26.2 Å². The van der Waals surface area contributed by atoms with Crippen LogP contribution < -0.4 is 4.74 Å². The molecule has 2 aromatic carbocycles. The van der Waals surface area contributed by atoms with Gasteiger partial charge < -0.3 is 14.6 Å². The lowest BCUT2D eigenvalue weighted by Crippen LogP contribution is -2.37. The minimum absolute atomic E-state index is 0.143. The molecular formula is C25H29N3O2. The average Bonchev–Trinajstić information content (AvgIpc) is 3.46. The highest BCUT2D eigenvalue weighted by atomic mass is 16.5. The summed E-state index contributed by atoms with van der Waals surface area (Å²) in [5.41, 5.74) is 3.33. The first-order chi connectivity index (χ1) is 14.8. The number of fused-ring (bicyclic) bond motifs is 1. The molecule has 3 aromatic rings. The van der Waals surface area contributed by atoms with Gasteiger partial charge in [-0.15, -0.1) is 0 Å². The Morgan fingerprint density at radius 1 is 0.967 bits per heavy atom. The predicted octanol–water partition coefficient (Wildman–Crippen LogP) is 4.45. The molecule has 2 fully saturated rings. The highest BCUT2D eigenvalue weighted by Crippen LogP contribution is 2.24. The van der Waals surface area contributed by atoms with Crippen molar-refractivity contribution in [1.82, 2.24) is 14.8 Å². The van der Waals surface area contributed by atoms with Crippen LogP contribution in [0.3, 0.4) is 0 Å². The summed E-state index contributed by atoms with van der Waals surface area (Å²) in [4.78, 5) is 20.3. The first kappa shape index (κ1) is 19.2. The van der Waals surface area contributed by atoms with Crippen LogP contribution in [0.15, 0.2) is 54.7 Å². The van der Waals surface area contributed by atoms with Crippen LogP contribution in [-0.4, -0.2) is 53.0 Å². The van der Waals surface area contributed by atoms with E-state index >= 15 is 0 Å². The molecule has 0 radical (unpaired) electrons. The molecule has 2 aliphatic rings. The zero-order valence-electron chi connectivity index (χ0n) is 17.3. The fourth-order valence-electron chi connectivity index (χ4n) is 4.66. The largest absolute Gasteiger partial charge is 0.490 e. The molecule has 0 unspecified atom stereocenters. The smallest absolute Gasteiger partial charge is 0.253 e. The second-order valence-corrected chi connectivity index (χ2v) is 8.48. The third-order valence-corrected chi connectivity index (χ3v) is 6.40. The minimum atomic E-state index is 0.143. The van der Waals surface area contributed by atoms with E-state index in [-0.39, 0.29) is 12.0 Å². The SMILES string of the molecule is O=C(c1ccc(OC2CCN(Cc3c[nH]c4ccccc34)CC2)cc1)N1CCCC1. The number of nitrogens with one attached hydrogen (secondary N) is 1. The number of carbonyl (C=O) groups is 1. The first-order valence-corrected chi connectivity index (χ1v) is 11.1. The standard InChI is InChI=1S/C25H29N3O2/c29-25(28-13-3-4-14-28)19-7-9-21(10-8-19)30-22-11-15-27(16-12-22)18-20-17-26-24-6-2-1-5-23(20)24/h1-2,5-10,17,22,26H,3-4,11-16,18H2. The second kappa shape index (κ2) is 8.52. The summed E-state index contributed by atoms with van der Waals surface area (Å²) in [6.07, 6.45) is 6.66. The molecule has 2 saturated heterocycles. The Bertz CT molecular complexity index is 997. The Kier molecular flexibility index (Phi) is 5.45. The van der Waals surface area contributed by atoms with E-state index in [1.165, 1.54) is 16.5 Å². The van der Waals surface area contributed by atoms with E-state index in [2.05, 4.69) is 40.3 Å². The van der Waals surface area contributed by atoms with Crippen molar-refractivity contribution in [3.8, 4) is 5.75 Å². The van der Waals surface area contributed by atoms with Gasteiger partial charge in [-0.3, -0.25) is 9.69 Å². The maximum absolute atomic E-state index is 12.5. The Balaban J connectivity index is 1.13. The molecule has 2 aliphatic heterocycles. The number of nitrogens with zero attached hydrogens (tertiary/aromatic N) is 2. The lowest BCUT2D eigenvalue weighted by molar-refractivity contribution is 0.0792. The van der Waals surface area contributed by atoms with E-state index < -0.39 is 0 Å². The number of aromatic amines is 1. The Hall–Kier alpha value is -2.79. The normalized spacial score (nSPS) is 18.2. The van der Waals surface area contributed by atoms with E-state index in [0.717, 1.165) is 69.7 Å². The Morgan fingerprint density at radius 2 is 1.70 bits per heavy atom. The van der Waals surface area contributed by atoms with Crippen molar-refractivity contribution in [2.24, 2.45) is 0 Å². The van der Waals surface area contributed by atoms with E-state index in [0.29, 0.717) is 0 Å². The molecule has 1 N–H and O–H groups in total. The van der Waals surface area contributed by atoms with E-state index in [1.807, 2.05) is 29.2 Å². The van der Waals surface area contributed by atoms with Crippen LogP contribution >= 0.6 is 0 Å². The molecule has 30 heavy (non-hydrogen) atoms. The quantitative estimate of drug-likeness (QED) is 0.685. The van der Waals surface area contributed by atoms with Gasteiger partial charge in [-0.25, -0.2) is 0 Å². The first-order valence-electron chi connectivity index (χ1n) is 11.1. The topological polar surface area (TPSA) is 48.6 Å². The van der Waals surface area contributed by atoms with E-state index in [1.54, 1.807) is 0 Å². The van der Waals surface area contributed by atoms with Gasteiger partial charge in [0.1, 0.15) is 11.9 Å². The van der Waals surface area contributed by atoms with Crippen molar-refractivity contribution in [3.63, 3.8) is 0 Å².